The molecule has 4 nitrogen and oxygen atoms in total. The normalized spacial score (nSPS) is 12.0. The maximum Gasteiger partial charge on any atom is 0.254 e. The predicted molar refractivity (Wildman–Crippen MR) is 87.9 cm³/mol. The van der Waals surface area contributed by atoms with Gasteiger partial charge in [0.15, 0.2) is 0 Å². The van der Waals surface area contributed by atoms with Gasteiger partial charge in [-0.3, -0.25) is 9.59 Å². The van der Waals surface area contributed by atoms with E-state index in [1.54, 1.807) is 50.4 Å². The number of nitrogens with zero attached hydrogens (tertiary/aromatic N) is 1. The van der Waals surface area contributed by atoms with Crippen LogP contribution in [0, 0.1) is 6.92 Å². The van der Waals surface area contributed by atoms with Crippen LogP contribution < -0.4 is 10.9 Å². The molecule has 1 heterocycles. The average Bonchev–Trinajstić information content (AvgIpc) is 2.44. The molecule has 0 saturated carbocycles. The van der Waals surface area contributed by atoms with E-state index >= 15 is 0 Å². The van der Waals surface area contributed by atoms with E-state index < -0.39 is 6.04 Å². The molecule has 0 bridgehead atoms. The summed E-state index contributed by atoms with van der Waals surface area (Å²) >= 11 is 9.34. The van der Waals surface area contributed by atoms with Crippen molar-refractivity contribution in [3.05, 3.63) is 61.9 Å². The highest BCUT2D eigenvalue weighted by molar-refractivity contribution is 9.10. The lowest BCUT2D eigenvalue weighted by atomic mass is 10.2. The van der Waals surface area contributed by atoms with Crippen LogP contribution in [0.25, 0.3) is 0 Å². The zero-order valence-corrected chi connectivity index (χ0v) is 13.9. The minimum atomic E-state index is -0.648. The van der Waals surface area contributed by atoms with Crippen LogP contribution in [0.15, 0.2) is 45.8 Å². The molecule has 1 amide bonds. The van der Waals surface area contributed by atoms with Gasteiger partial charge in [0.1, 0.15) is 6.04 Å². The summed E-state index contributed by atoms with van der Waals surface area (Å²) < 4.78 is 2.14. The lowest BCUT2D eigenvalue weighted by Crippen LogP contribution is -2.32. The summed E-state index contributed by atoms with van der Waals surface area (Å²) in [5, 5.41) is 3.18. The number of benzene rings is 1. The van der Waals surface area contributed by atoms with Gasteiger partial charge in [-0.15, -0.1) is 0 Å². The van der Waals surface area contributed by atoms with Crippen molar-refractivity contribution < 1.29 is 4.79 Å². The Hall–Kier alpha value is -1.59. The van der Waals surface area contributed by atoms with E-state index in [9.17, 15) is 9.59 Å². The zero-order chi connectivity index (χ0) is 15.6. The summed E-state index contributed by atoms with van der Waals surface area (Å²) in [6.07, 6.45) is 1.60. The van der Waals surface area contributed by atoms with Gasteiger partial charge in [-0.1, -0.05) is 23.7 Å². The van der Waals surface area contributed by atoms with Crippen molar-refractivity contribution >= 4 is 39.1 Å². The van der Waals surface area contributed by atoms with Gasteiger partial charge in [-0.25, -0.2) is 0 Å². The molecule has 110 valence electrons. The molecule has 1 unspecified atom stereocenters. The van der Waals surface area contributed by atoms with Crippen LogP contribution >= 0.6 is 27.5 Å². The molecule has 21 heavy (non-hydrogen) atoms. The van der Waals surface area contributed by atoms with Crippen molar-refractivity contribution in [2.24, 2.45) is 0 Å². The summed E-state index contributed by atoms with van der Waals surface area (Å²) in [5.41, 5.74) is 0.901. The number of aromatic nitrogens is 1. The lowest BCUT2D eigenvalue weighted by molar-refractivity contribution is -0.118. The Morgan fingerprint density at radius 1 is 1.38 bits per heavy atom. The fourth-order valence-corrected chi connectivity index (χ4v) is 2.66. The number of pyridine rings is 1. The van der Waals surface area contributed by atoms with E-state index in [0.717, 1.165) is 4.47 Å². The van der Waals surface area contributed by atoms with Gasteiger partial charge < -0.3 is 9.88 Å². The number of nitrogens with one attached hydrogen (secondary N) is 1. The number of hydrogen-bond donors (Lipinski definition) is 1. The molecule has 0 spiro atoms. The molecule has 1 N–H and O–H groups in total. The second-order valence-corrected chi connectivity index (χ2v) is 6.02. The highest BCUT2D eigenvalue weighted by Crippen LogP contribution is 2.22. The highest BCUT2D eigenvalue weighted by Gasteiger charge is 2.18. The Morgan fingerprint density at radius 2 is 2.05 bits per heavy atom. The summed E-state index contributed by atoms with van der Waals surface area (Å²) in [7, 11) is 0. The Morgan fingerprint density at radius 3 is 2.71 bits per heavy atom. The molecule has 0 fully saturated rings. The number of halogens is 2. The topological polar surface area (TPSA) is 51.1 Å². The van der Waals surface area contributed by atoms with E-state index in [2.05, 4.69) is 21.2 Å². The smallest absolute Gasteiger partial charge is 0.254 e. The van der Waals surface area contributed by atoms with Gasteiger partial charge >= 0.3 is 0 Å². The molecule has 1 aromatic carbocycles. The van der Waals surface area contributed by atoms with Crippen molar-refractivity contribution in [3.63, 3.8) is 0 Å². The first-order chi connectivity index (χ1) is 9.90. The molecule has 0 aliphatic heterocycles. The number of carbonyl (C=O) groups excluding carboxylic acids is 1. The molecule has 2 rings (SSSR count). The fourth-order valence-electron chi connectivity index (χ4n) is 1.91. The lowest BCUT2D eigenvalue weighted by Gasteiger charge is -2.16. The third-order valence-electron chi connectivity index (χ3n) is 3.12. The fraction of sp³-hybridized carbons (Fsp3) is 0.200. The number of carbonyl (C=O) groups is 1. The Balaban J connectivity index is 2.28. The van der Waals surface area contributed by atoms with Gasteiger partial charge in [-0.05, 0) is 48.0 Å². The number of aryl methyl sites for hydroxylation is 1. The van der Waals surface area contributed by atoms with E-state index in [0.29, 0.717) is 16.3 Å². The molecule has 0 saturated heterocycles. The second-order valence-electron chi connectivity index (χ2n) is 4.70. The van der Waals surface area contributed by atoms with Crippen LogP contribution in [0.5, 0.6) is 0 Å². The van der Waals surface area contributed by atoms with Crippen molar-refractivity contribution in [1.82, 2.24) is 4.57 Å². The molecule has 1 aromatic heterocycles. The molecule has 0 aliphatic rings. The Kier molecular flexibility index (Phi) is 4.85. The van der Waals surface area contributed by atoms with Crippen molar-refractivity contribution in [2.75, 3.05) is 5.32 Å². The molecule has 0 aliphatic carbocycles. The van der Waals surface area contributed by atoms with Crippen molar-refractivity contribution in [2.45, 2.75) is 19.9 Å². The molecule has 0 radical (unpaired) electrons. The molecule has 2 aromatic rings. The quantitative estimate of drug-likeness (QED) is 0.895. The Labute approximate surface area is 135 Å². The zero-order valence-electron chi connectivity index (χ0n) is 11.6. The number of rotatable bonds is 3. The van der Waals surface area contributed by atoms with Gasteiger partial charge in [0.05, 0.1) is 10.7 Å². The van der Waals surface area contributed by atoms with Crippen LogP contribution in [0.2, 0.25) is 5.02 Å². The van der Waals surface area contributed by atoms with Gasteiger partial charge in [-0.2, -0.15) is 0 Å². The van der Waals surface area contributed by atoms with Gasteiger partial charge in [0, 0.05) is 16.2 Å². The number of anilines is 1. The van der Waals surface area contributed by atoms with Crippen molar-refractivity contribution in [1.29, 1.82) is 0 Å². The summed E-state index contributed by atoms with van der Waals surface area (Å²) in [4.78, 5) is 24.4. The summed E-state index contributed by atoms with van der Waals surface area (Å²) in [5.74, 6) is -0.303. The third kappa shape index (κ3) is 3.54. The van der Waals surface area contributed by atoms with Crippen LogP contribution in [0.4, 0.5) is 5.69 Å². The van der Waals surface area contributed by atoms with E-state index in [-0.39, 0.29) is 11.5 Å². The molecule has 1 atom stereocenters. The van der Waals surface area contributed by atoms with Crippen LogP contribution in [0.1, 0.15) is 18.5 Å². The summed E-state index contributed by atoms with van der Waals surface area (Å²) in [6.45, 7) is 3.38. The van der Waals surface area contributed by atoms with E-state index in [4.69, 9.17) is 11.6 Å². The van der Waals surface area contributed by atoms with Crippen LogP contribution in [-0.4, -0.2) is 10.5 Å². The Bertz CT molecular complexity index is 743. The standard InChI is InChI=1S/C15H14BrClN2O2/c1-9-7-11(16)8-19(15(9)21)10(2)14(20)18-13-6-4-3-5-12(13)17/h3-8,10H,1-2H3,(H,18,20). The van der Waals surface area contributed by atoms with Gasteiger partial charge in [0.25, 0.3) is 5.56 Å². The third-order valence-corrected chi connectivity index (χ3v) is 3.88. The minimum Gasteiger partial charge on any atom is -0.323 e. The monoisotopic (exact) mass is 368 g/mol. The first-order valence-corrected chi connectivity index (χ1v) is 7.51. The highest BCUT2D eigenvalue weighted by atomic mass is 79.9. The molecular formula is C15H14BrClN2O2. The first kappa shape index (κ1) is 15.8. The molecular weight excluding hydrogens is 356 g/mol. The van der Waals surface area contributed by atoms with Crippen molar-refractivity contribution in [3.8, 4) is 0 Å². The van der Waals surface area contributed by atoms with Crippen LogP contribution in [0.3, 0.4) is 0 Å². The summed E-state index contributed by atoms with van der Waals surface area (Å²) in [6, 6.07) is 8.03. The maximum absolute atomic E-state index is 12.3. The predicted octanol–water partition coefficient (Wildman–Crippen LogP) is 3.77. The van der Waals surface area contributed by atoms with Gasteiger partial charge in [0.2, 0.25) is 5.91 Å². The maximum atomic E-state index is 12.3. The first-order valence-electron chi connectivity index (χ1n) is 6.34. The number of para-hydroxylation sites is 1. The number of hydrogen-bond acceptors (Lipinski definition) is 2. The second kappa shape index (κ2) is 6.45. The minimum absolute atomic E-state index is 0.194. The largest absolute Gasteiger partial charge is 0.323 e. The SMILES string of the molecule is Cc1cc(Br)cn(C(C)C(=O)Nc2ccccc2Cl)c1=O. The van der Waals surface area contributed by atoms with E-state index in [1.807, 2.05) is 0 Å². The van der Waals surface area contributed by atoms with Crippen LogP contribution in [-0.2, 0) is 4.79 Å². The molecule has 6 heteroatoms. The van der Waals surface area contributed by atoms with E-state index in [1.165, 1.54) is 4.57 Å². The average molecular weight is 370 g/mol. The number of amides is 1.